The van der Waals surface area contributed by atoms with E-state index >= 15 is 0 Å². The van der Waals surface area contributed by atoms with Gasteiger partial charge in [0.05, 0.1) is 18.5 Å². The predicted octanol–water partition coefficient (Wildman–Crippen LogP) is 0.232. The third kappa shape index (κ3) is 16.4. The van der Waals surface area contributed by atoms with Crippen LogP contribution >= 0.6 is 0 Å². The van der Waals surface area contributed by atoms with Gasteiger partial charge in [-0.3, -0.25) is 38.4 Å². The molecule has 0 aliphatic carbocycles. The Morgan fingerprint density at radius 2 is 1.01 bits per heavy atom. The summed E-state index contributed by atoms with van der Waals surface area (Å²) in [5.41, 5.74) is 1.09. The first-order valence-electron chi connectivity index (χ1n) is 23.4. The summed E-state index contributed by atoms with van der Waals surface area (Å²) in [5.74, 6) is -3.32. The van der Waals surface area contributed by atoms with E-state index in [0.717, 1.165) is 25.9 Å². The van der Waals surface area contributed by atoms with E-state index in [1.54, 1.807) is 64.1 Å². The van der Waals surface area contributed by atoms with Crippen molar-refractivity contribution in [3.63, 3.8) is 0 Å². The molecule has 5 aromatic heterocycles. The van der Waals surface area contributed by atoms with Crippen LogP contribution in [-0.4, -0.2) is 168 Å². The summed E-state index contributed by atoms with van der Waals surface area (Å²) in [5, 5.41) is 21.2. The maximum absolute atomic E-state index is 13.2. The molecule has 0 bridgehead atoms. The molecule has 9 amide bonds. The Bertz CT molecular complexity index is 2840. The number of nitrogens with one attached hydrogen (secondary N) is 8. The molecule has 0 saturated carbocycles. The summed E-state index contributed by atoms with van der Waals surface area (Å²) in [6.07, 6.45) is 10.00. The zero-order valence-electron chi connectivity index (χ0n) is 42.7. The van der Waals surface area contributed by atoms with Crippen LogP contribution in [-0.2, 0) is 54.4 Å². The Balaban J connectivity index is 0.976. The van der Waals surface area contributed by atoms with Crippen molar-refractivity contribution in [3.8, 4) is 0 Å². The minimum Gasteiger partial charge on any atom is -0.453 e. The molecule has 0 aliphatic heterocycles. The van der Waals surface area contributed by atoms with Crippen LogP contribution in [0.1, 0.15) is 84.9 Å². The second-order valence-corrected chi connectivity index (χ2v) is 17.2. The Morgan fingerprint density at radius 1 is 0.527 bits per heavy atom. The highest BCUT2D eigenvalue weighted by atomic mass is 16.5. The first-order valence-corrected chi connectivity index (χ1v) is 23.4. The number of amides is 9. The van der Waals surface area contributed by atoms with Crippen LogP contribution in [0.5, 0.6) is 0 Å². The van der Waals surface area contributed by atoms with Crippen molar-refractivity contribution in [3.05, 3.63) is 78.2 Å². The summed E-state index contributed by atoms with van der Waals surface area (Å²) < 4.78 is 12.0. The topological polar surface area (TPSA) is 329 Å². The summed E-state index contributed by atoms with van der Waals surface area (Å²) in [6, 6.07) is 2.94. The van der Waals surface area contributed by atoms with E-state index in [2.05, 4.69) is 67.1 Å². The van der Waals surface area contributed by atoms with Gasteiger partial charge in [-0.05, 0) is 45.1 Å². The third-order valence-corrected chi connectivity index (χ3v) is 11.2. The number of hydrogen-bond donors (Lipinski definition) is 8. The molecule has 8 N–H and O–H groups in total. The molecule has 0 unspecified atom stereocenters. The van der Waals surface area contributed by atoms with Gasteiger partial charge < -0.3 is 79.9 Å². The first kappa shape index (κ1) is 56.1. The number of ether oxygens (including phenoxy) is 1. The van der Waals surface area contributed by atoms with Gasteiger partial charge in [0.25, 0.3) is 29.5 Å². The van der Waals surface area contributed by atoms with E-state index in [9.17, 15) is 43.2 Å². The Morgan fingerprint density at radius 3 is 1.53 bits per heavy atom. The number of aromatic nitrogens is 8. The summed E-state index contributed by atoms with van der Waals surface area (Å²) in [4.78, 5) is 130. The molecular formula is C46H64N18O10. The van der Waals surface area contributed by atoms with E-state index in [1.165, 1.54) is 62.3 Å². The van der Waals surface area contributed by atoms with Crippen LogP contribution in [0.15, 0.2) is 49.3 Å². The second-order valence-electron chi connectivity index (χ2n) is 17.2. The molecule has 0 spiro atoms. The minimum absolute atomic E-state index is 0.0170. The van der Waals surface area contributed by atoms with Crippen LogP contribution in [0.4, 0.5) is 27.8 Å². The summed E-state index contributed by atoms with van der Waals surface area (Å²) in [7, 11) is 13.0. The predicted molar refractivity (Wildman–Crippen MR) is 269 cm³/mol. The molecule has 0 saturated heterocycles. The monoisotopic (exact) mass is 1030 g/mol. The zero-order chi connectivity index (χ0) is 54.1. The van der Waals surface area contributed by atoms with Crippen molar-refractivity contribution < 1.29 is 47.9 Å². The van der Waals surface area contributed by atoms with Gasteiger partial charge in [0.2, 0.25) is 29.4 Å². The molecule has 0 fully saturated rings. The van der Waals surface area contributed by atoms with Crippen molar-refractivity contribution in [1.29, 1.82) is 0 Å². The van der Waals surface area contributed by atoms with Gasteiger partial charge in [0.15, 0.2) is 17.5 Å². The van der Waals surface area contributed by atoms with Crippen LogP contribution in [0.2, 0.25) is 0 Å². The largest absolute Gasteiger partial charge is 0.453 e. The minimum atomic E-state index is -0.631. The standard InChI is InChI=1S/C46H64N18O10/c1-58(19-9-14-51-46(73)74-8)20-10-21-59(2)37(67)13-17-50-43(70)39-56-33(27-63(39)6)54-35(65)11-15-49-42(69)32-24-30(26-62(32)5)53-45(72)40-57-34(28-64(40)7)55-36(66)12-16-48-41(68)31-23-29(25-61(31)4)52-44(71)38-47-18-22-60(38)3/h18,22-28H,9-17,19-21H2,1-8H3,(H,48,68)(H,49,69)(H,50,70)(H,51,73)(H,52,71)(H,53,72)(H,54,65)(H,55,66). The van der Waals surface area contributed by atoms with Gasteiger partial charge in [-0.15, -0.1) is 0 Å². The van der Waals surface area contributed by atoms with Gasteiger partial charge in [0, 0.05) is 131 Å². The highest BCUT2D eigenvalue weighted by Crippen LogP contribution is 2.17. The molecule has 28 nitrogen and oxygen atoms in total. The van der Waals surface area contributed by atoms with Crippen molar-refractivity contribution in [1.82, 2.24) is 68.9 Å². The average molecular weight is 1030 g/mol. The Hall–Kier alpha value is -8.82. The lowest BCUT2D eigenvalue weighted by Crippen LogP contribution is -2.34. The van der Waals surface area contributed by atoms with Gasteiger partial charge in [-0.25, -0.2) is 19.7 Å². The molecule has 0 aromatic carbocycles. The smallest absolute Gasteiger partial charge is 0.406 e. The summed E-state index contributed by atoms with van der Waals surface area (Å²) >= 11 is 0. The maximum atomic E-state index is 13.2. The number of carbonyl (C=O) groups is 9. The molecule has 28 heteroatoms. The number of nitrogens with zero attached hydrogens (tertiary/aromatic N) is 10. The third-order valence-electron chi connectivity index (χ3n) is 11.2. The van der Waals surface area contributed by atoms with Crippen molar-refractivity contribution in [2.24, 2.45) is 35.2 Å². The van der Waals surface area contributed by atoms with E-state index in [-0.39, 0.29) is 91.0 Å². The Kier molecular flexibility index (Phi) is 20.1. The summed E-state index contributed by atoms with van der Waals surface area (Å²) in [6.45, 7) is 2.57. The molecular weight excluding hydrogens is 965 g/mol. The van der Waals surface area contributed by atoms with Crippen LogP contribution < -0.4 is 42.5 Å². The molecule has 0 aliphatic rings. The number of carbonyl (C=O) groups excluding carboxylic acids is 9. The molecule has 74 heavy (non-hydrogen) atoms. The number of aryl methyl sites for hydroxylation is 5. The maximum Gasteiger partial charge on any atom is 0.406 e. The lowest BCUT2D eigenvalue weighted by Gasteiger charge is -2.20. The molecule has 5 aromatic rings. The fourth-order valence-electron chi connectivity index (χ4n) is 7.30. The van der Waals surface area contributed by atoms with E-state index in [4.69, 9.17) is 0 Å². The second kappa shape index (κ2) is 26.6. The van der Waals surface area contributed by atoms with E-state index < -0.39 is 47.4 Å². The van der Waals surface area contributed by atoms with Gasteiger partial charge >= 0.3 is 6.09 Å². The van der Waals surface area contributed by atoms with Crippen LogP contribution in [0.25, 0.3) is 0 Å². The number of imidazole rings is 3. The number of anilines is 4. The van der Waals surface area contributed by atoms with Crippen LogP contribution in [0.3, 0.4) is 0 Å². The Labute approximate surface area is 425 Å². The van der Waals surface area contributed by atoms with Gasteiger partial charge in [-0.1, -0.05) is 0 Å². The normalized spacial score (nSPS) is 10.9. The zero-order valence-corrected chi connectivity index (χ0v) is 42.7. The molecule has 5 heterocycles. The van der Waals surface area contributed by atoms with Crippen molar-refractivity contribution in [2.45, 2.75) is 32.1 Å². The highest BCUT2D eigenvalue weighted by molar-refractivity contribution is 6.04. The van der Waals surface area contributed by atoms with Gasteiger partial charge in [0.1, 0.15) is 11.4 Å². The lowest BCUT2D eigenvalue weighted by atomic mass is 10.3. The fraction of sp³-hybridized carbons (Fsp3) is 0.435. The van der Waals surface area contributed by atoms with Crippen molar-refractivity contribution in [2.75, 3.05) is 88.3 Å². The molecule has 398 valence electrons. The molecule has 0 radical (unpaired) electrons. The number of methoxy groups -OCH3 is 1. The lowest BCUT2D eigenvalue weighted by molar-refractivity contribution is -0.129. The number of rotatable bonds is 26. The fourth-order valence-corrected chi connectivity index (χ4v) is 7.30. The SMILES string of the molecule is COC(=O)NCCCN(C)CCCN(C)C(=O)CCNC(=O)c1nc(NC(=O)CCNC(=O)c2cc(NC(=O)c3nc(NC(=O)CCNC(=O)c4cc(NC(=O)c5nccn5C)cn4C)cn3C)cn2C)cn1C. The number of hydrogen-bond acceptors (Lipinski definition) is 14. The van der Waals surface area contributed by atoms with Gasteiger partial charge in [-0.2, -0.15) is 0 Å². The number of alkyl carbamates (subject to hydrolysis) is 1. The van der Waals surface area contributed by atoms with Crippen molar-refractivity contribution >= 4 is 76.4 Å². The quantitative estimate of drug-likeness (QED) is 0.0344. The van der Waals surface area contributed by atoms with Crippen LogP contribution in [0, 0.1) is 0 Å². The first-order chi connectivity index (χ1) is 35.2. The molecule has 0 atom stereocenters. The van der Waals surface area contributed by atoms with E-state index in [0.29, 0.717) is 18.8 Å². The molecule has 5 rings (SSSR count). The average Bonchev–Trinajstić information content (AvgIpc) is 4.19. The van der Waals surface area contributed by atoms with E-state index in [1.807, 2.05) is 7.05 Å². The highest BCUT2D eigenvalue weighted by Gasteiger charge is 2.21.